The van der Waals surface area contributed by atoms with Gasteiger partial charge in [0.25, 0.3) is 0 Å². The summed E-state index contributed by atoms with van der Waals surface area (Å²) in [6, 6.07) is 0. The second-order valence-electron chi connectivity index (χ2n) is 5.85. The van der Waals surface area contributed by atoms with Gasteiger partial charge in [-0.15, -0.1) is 0 Å². The van der Waals surface area contributed by atoms with E-state index in [4.69, 9.17) is 9.15 Å². The zero-order valence-corrected chi connectivity index (χ0v) is 17.2. The van der Waals surface area contributed by atoms with Crippen molar-refractivity contribution < 1.29 is 36.7 Å². The number of hydrogen-bond acceptors (Lipinski definition) is 10. The predicted molar refractivity (Wildman–Crippen MR) is 95.9 cm³/mol. The van der Waals surface area contributed by atoms with Crippen LogP contribution >= 0.6 is 0 Å². The number of methoxy groups -OCH3 is 1. The Balaban J connectivity index is 0.000000431. The fourth-order valence-electron chi connectivity index (χ4n) is 1.91. The second kappa shape index (κ2) is 11.6. The third-order valence-corrected chi connectivity index (χ3v) is 3.08. The van der Waals surface area contributed by atoms with Gasteiger partial charge in [-0.1, -0.05) is 13.8 Å². The highest BCUT2D eigenvalue weighted by Gasteiger charge is 2.18. The number of hydrogen-bond donors (Lipinski definition) is 0. The van der Waals surface area contributed by atoms with Crippen LogP contribution in [0.2, 0.25) is 0 Å². The fraction of sp³-hybridized carbons (Fsp3) is 0.556. The summed E-state index contributed by atoms with van der Waals surface area (Å²) >= 11 is 0. The molecule has 1 unspecified atom stereocenters. The van der Waals surface area contributed by atoms with Crippen molar-refractivity contribution in [2.75, 3.05) is 7.11 Å². The molecule has 10 nitrogen and oxygen atoms in total. The maximum atomic E-state index is 10.6. The molecule has 0 bridgehead atoms. The Morgan fingerprint density at radius 3 is 1.39 bits per heavy atom. The van der Waals surface area contributed by atoms with Crippen molar-refractivity contribution in [2.45, 2.75) is 60.5 Å². The highest BCUT2D eigenvalue weighted by molar-refractivity contribution is 5.66. The number of aryl methyl sites for hydroxylation is 2. The Labute approximate surface area is 161 Å². The van der Waals surface area contributed by atoms with Gasteiger partial charge in [0, 0.05) is 19.8 Å². The minimum absolute atomic E-state index is 0.214. The Kier molecular flexibility index (Phi) is 10.4. The average Bonchev–Trinajstić information content (AvgIpc) is 3.08. The largest absolute Gasteiger partial charge is 0.519 e. The summed E-state index contributed by atoms with van der Waals surface area (Å²) in [5.74, 6) is -0.0520. The van der Waals surface area contributed by atoms with Crippen LogP contribution in [-0.4, -0.2) is 19.0 Å². The van der Waals surface area contributed by atoms with Gasteiger partial charge in [0.2, 0.25) is 0 Å². The van der Waals surface area contributed by atoms with Crippen molar-refractivity contribution in [3.05, 3.63) is 44.3 Å². The van der Waals surface area contributed by atoms with Gasteiger partial charge in [0.15, 0.2) is 23.4 Å². The van der Waals surface area contributed by atoms with E-state index in [1.54, 1.807) is 20.8 Å². The lowest BCUT2D eigenvalue weighted by Gasteiger charge is -2.07. The molecule has 2 aromatic rings. The normalized spacial score (nSPS) is 10.9. The van der Waals surface area contributed by atoms with E-state index in [-0.39, 0.29) is 17.6 Å². The van der Waals surface area contributed by atoms with Crippen molar-refractivity contribution in [3.63, 3.8) is 0 Å². The molecule has 1 atom stereocenters. The predicted octanol–water partition coefficient (Wildman–Crippen LogP) is 3.01. The molecule has 0 aromatic carbocycles. The summed E-state index contributed by atoms with van der Waals surface area (Å²) in [5.41, 5.74) is 0. The minimum atomic E-state index is -0.786. The Morgan fingerprint density at radius 2 is 1.18 bits per heavy atom. The van der Waals surface area contributed by atoms with Crippen LogP contribution in [0, 0.1) is 13.8 Å². The Morgan fingerprint density at radius 1 is 0.786 bits per heavy atom. The minimum Gasteiger partial charge on any atom is -0.469 e. The molecule has 10 heteroatoms. The van der Waals surface area contributed by atoms with Crippen LogP contribution in [0.25, 0.3) is 0 Å². The SMILES string of the molecule is CC(=O)OC(C)c1oc(=O)oc1C.COC(C)=O.Cc1oc(=O)oc1C(C)C. The van der Waals surface area contributed by atoms with Crippen molar-refractivity contribution in [1.29, 1.82) is 0 Å². The molecule has 0 N–H and O–H groups in total. The number of ether oxygens (including phenoxy) is 2. The lowest BCUT2D eigenvalue weighted by molar-refractivity contribution is -0.146. The maximum absolute atomic E-state index is 10.6. The van der Waals surface area contributed by atoms with E-state index in [0.717, 1.165) is 0 Å². The molecule has 0 amide bonds. The summed E-state index contributed by atoms with van der Waals surface area (Å²) in [7, 11) is 1.35. The van der Waals surface area contributed by atoms with Gasteiger partial charge < -0.3 is 27.1 Å². The molecule has 0 saturated carbocycles. The van der Waals surface area contributed by atoms with Gasteiger partial charge in [-0.2, -0.15) is 0 Å². The lowest BCUT2D eigenvalue weighted by Crippen LogP contribution is -2.05. The van der Waals surface area contributed by atoms with Gasteiger partial charge in [0.1, 0.15) is 5.76 Å². The third kappa shape index (κ3) is 9.06. The number of carbonyl (C=O) groups is 2. The van der Waals surface area contributed by atoms with Crippen LogP contribution < -0.4 is 11.6 Å². The van der Waals surface area contributed by atoms with Crippen LogP contribution in [-0.2, 0) is 19.1 Å². The van der Waals surface area contributed by atoms with Gasteiger partial charge in [-0.05, 0) is 20.8 Å². The standard InChI is InChI=1S/C8H10O5.C7H10O3.C3H6O2/c1-4(11-6(3)9)7-5(2)12-8(10)13-7;1-4(2)6-5(3)9-7(8)10-6;1-3(4)5-2/h4H,1-3H3;4H,1-3H3;1-2H3. The fourth-order valence-corrected chi connectivity index (χ4v) is 1.91. The molecule has 0 saturated heterocycles. The first-order chi connectivity index (χ1) is 12.9. The van der Waals surface area contributed by atoms with Crippen LogP contribution in [0.5, 0.6) is 0 Å². The molecule has 0 radical (unpaired) electrons. The summed E-state index contributed by atoms with van der Waals surface area (Å²) in [6.45, 7) is 11.4. The summed E-state index contributed by atoms with van der Waals surface area (Å²) < 4.78 is 27.6. The Hall–Kier alpha value is -3.04. The number of rotatable bonds is 3. The van der Waals surface area contributed by atoms with E-state index >= 15 is 0 Å². The van der Waals surface area contributed by atoms with Gasteiger partial charge in [-0.3, -0.25) is 9.59 Å². The average molecular weight is 402 g/mol. The lowest BCUT2D eigenvalue weighted by atomic mass is 10.1. The van der Waals surface area contributed by atoms with E-state index < -0.39 is 23.7 Å². The molecular weight excluding hydrogens is 376 g/mol. The molecule has 0 spiro atoms. The van der Waals surface area contributed by atoms with Crippen LogP contribution in [0.1, 0.15) is 69.7 Å². The van der Waals surface area contributed by atoms with Crippen LogP contribution in [0.15, 0.2) is 27.3 Å². The first kappa shape index (κ1) is 25.0. The van der Waals surface area contributed by atoms with Gasteiger partial charge in [-0.25, -0.2) is 9.59 Å². The van der Waals surface area contributed by atoms with Gasteiger partial charge >= 0.3 is 23.6 Å². The quantitative estimate of drug-likeness (QED) is 0.704. The van der Waals surface area contributed by atoms with Crippen LogP contribution in [0.4, 0.5) is 0 Å². The zero-order chi connectivity index (χ0) is 22.0. The first-order valence-corrected chi connectivity index (χ1v) is 8.31. The molecule has 158 valence electrons. The van der Waals surface area contributed by atoms with E-state index in [1.807, 2.05) is 13.8 Å². The molecule has 0 aliphatic heterocycles. The number of carbonyl (C=O) groups excluding carboxylic acids is 2. The van der Waals surface area contributed by atoms with Crippen molar-refractivity contribution >= 4 is 11.9 Å². The van der Waals surface area contributed by atoms with E-state index in [0.29, 0.717) is 17.3 Å². The molecule has 2 aromatic heterocycles. The summed E-state index contributed by atoms with van der Waals surface area (Å²) in [4.78, 5) is 41.3. The van der Waals surface area contributed by atoms with Crippen molar-refractivity contribution in [1.82, 2.24) is 0 Å². The first-order valence-electron chi connectivity index (χ1n) is 8.31. The molecular formula is C18H26O10. The topological polar surface area (TPSA) is 139 Å². The maximum Gasteiger partial charge on any atom is 0.519 e. The molecule has 0 fully saturated rings. The van der Waals surface area contributed by atoms with E-state index in [1.165, 1.54) is 21.0 Å². The molecule has 2 rings (SSSR count). The highest BCUT2D eigenvalue weighted by atomic mass is 16.6. The second-order valence-corrected chi connectivity index (χ2v) is 5.85. The van der Waals surface area contributed by atoms with Crippen LogP contribution in [0.3, 0.4) is 0 Å². The van der Waals surface area contributed by atoms with E-state index in [2.05, 4.69) is 18.0 Å². The number of esters is 2. The zero-order valence-electron chi connectivity index (χ0n) is 17.2. The third-order valence-electron chi connectivity index (χ3n) is 3.08. The van der Waals surface area contributed by atoms with Crippen molar-refractivity contribution in [2.24, 2.45) is 0 Å². The highest BCUT2D eigenvalue weighted by Crippen LogP contribution is 2.19. The summed E-state index contributed by atoms with van der Waals surface area (Å²) in [6.07, 6.45) is -0.594. The monoisotopic (exact) mass is 402 g/mol. The molecule has 2 heterocycles. The van der Waals surface area contributed by atoms with E-state index in [9.17, 15) is 19.2 Å². The smallest absolute Gasteiger partial charge is 0.469 e. The molecule has 0 aliphatic carbocycles. The van der Waals surface area contributed by atoms with Crippen molar-refractivity contribution in [3.8, 4) is 0 Å². The van der Waals surface area contributed by atoms with Gasteiger partial charge in [0.05, 0.1) is 7.11 Å². The Bertz CT molecular complexity index is 862. The molecule has 28 heavy (non-hydrogen) atoms. The molecule has 0 aliphatic rings. The summed E-state index contributed by atoms with van der Waals surface area (Å²) in [5, 5.41) is 0.